The molecule has 3 aromatic rings. The lowest BCUT2D eigenvalue weighted by atomic mass is 10.2. The van der Waals surface area contributed by atoms with E-state index in [2.05, 4.69) is 15.2 Å². The highest BCUT2D eigenvalue weighted by atomic mass is 32.1. The van der Waals surface area contributed by atoms with E-state index < -0.39 is 24.0 Å². The average Bonchev–Trinajstić information content (AvgIpc) is 3.22. The standard InChI is InChI=1S/C16H9F3N2O5S/c17-16(18,19)25-9-5-3-8(4-6-9)13(22)20-14-11(15(23)24)12(21-26-14)10-2-1-7-27-10/h1-7H,(H,20,22)(H,23,24). The lowest BCUT2D eigenvalue weighted by molar-refractivity contribution is -0.274. The van der Waals surface area contributed by atoms with Gasteiger partial charge in [-0.1, -0.05) is 11.2 Å². The highest BCUT2D eigenvalue weighted by Gasteiger charge is 2.31. The average molecular weight is 398 g/mol. The number of carbonyl (C=O) groups is 2. The molecule has 0 saturated carbocycles. The number of hydrogen-bond acceptors (Lipinski definition) is 6. The second-order valence-corrected chi connectivity index (χ2v) is 5.99. The number of amides is 1. The molecule has 1 amide bonds. The third-order valence-electron chi connectivity index (χ3n) is 3.24. The summed E-state index contributed by atoms with van der Waals surface area (Å²) in [5.74, 6) is -3.02. The van der Waals surface area contributed by atoms with Gasteiger partial charge in [0.15, 0.2) is 5.56 Å². The smallest absolute Gasteiger partial charge is 0.477 e. The van der Waals surface area contributed by atoms with E-state index in [1.165, 1.54) is 11.3 Å². The van der Waals surface area contributed by atoms with E-state index in [0.29, 0.717) is 4.88 Å². The van der Waals surface area contributed by atoms with Crippen molar-refractivity contribution in [2.45, 2.75) is 6.36 Å². The molecule has 140 valence electrons. The maximum atomic E-state index is 12.2. The molecular formula is C16H9F3N2O5S. The molecule has 0 unspecified atom stereocenters. The van der Waals surface area contributed by atoms with Crippen molar-refractivity contribution in [3.8, 4) is 16.3 Å². The number of benzene rings is 1. The van der Waals surface area contributed by atoms with E-state index in [0.717, 1.165) is 24.3 Å². The topological polar surface area (TPSA) is 102 Å². The summed E-state index contributed by atoms with van der Waals surface area (Å²) >= 11 is 1.24. The van der Waals surface area contributed by atoms with Gasteiger partial charge in [-0.3, -0.25) is 10.1 Å². The fraction of sp³-hybridized carbons (Fsp3) is 0.0625. The minimum absolute atomic E-state index is 0.0325. The number of carbonyl (C=O) groups excluding carboxylic acids is 1. The number of aromatic nitrogens is 1. The van der Waals surface area contributed by atoms with Gasteiger partial charge in [-0.25, -0.2) is 4.79 Å². The molecule has 0 saturated heterocycles. The fourth-order valence-electron chi connectivity index (χ4n) is 2.14. The summed E-state index contributed by atoms with van der Waals surface area (Å²) in [6.07, 6.45) is -4.85. The molecule has 0 spiro atoms. The zero-order valence-electron chi connectivity index (χ0n) is 13.1. The molecule has 0 atom stereocenters. The predicted octanol–water partition coefficient (Wildman–Crippen LogP) is 4.25. The van der Waals surface area contributed by atoms with Crippen LogP contribution in [0.5, 0.6) is 5.75 Å². The molecule has 0 fully saturated rings. The molecule has 3 rings (SSSR count). The van der Waals surface area contributed by atoms with Crippen molar-refractivity contribution in [2.75, 3.05) is 5.32 Å². The number of carboxylic acids is 1. The summed E-state index contributed by atoms with van der Waals surface area (Å²) in [4.78, 5) is 24.3. The molecule has 27 heavy (non-hydrogen) atoms. The van der Waals surface area contributed by atoms with Crippen LogP contribution in [0.2, 0.25) is 0 Å². The van der Waals surface area contributed by atoms with Crippen molar-refractivity contribution in [3.63, 3.8) is 0 Å². The first-order chi connectivity index (χ1) is 12.7. The molecule has 7 nitrogen and oxygen atoms in total. The number of halogens is 3. The number of nitrogens with zero attached hydrogens (tertiary/aromatic N) is 1. The molecule has 0 aliphatic carbocycles. The Labute approximate surface area is 153 Å². The van der Waals surface area contributed by atoms with Gasteiger partial charge in [-0.05, 0) is 35.7 Å². The SMILES string of the molecule is O=C(Nc1onc(-c2cccs2)c1C(=O)O)c1ccc(OC(F)(F)F)cc1. The zero-order chi connectivity index (χ0) is 19.6. The van der Waals surface area contributed by atoms with Gasteiger partial charge >= 0.3 is 12.3 Å². The van der Waals surface area contributed by atoms with E-state index in [1.807, 2.05) is 0 Å². The molecule has 0 radical (unpaired) electrons. The van der Waals surface area contributed by atoms with Gasteiger partial charge in [0.25, 0.3) is 5.91 Å². The van der Waals surface area contributed by atoms with Crippen LogP contribution in [0.25, 0.3) is 10.6 Å². The number of aromatic carboxylic acids is 1. The fourth-order valence-corrected chi connectivity index (χ4v) is 2.85. The van der Waals surface area contributed by atoms with Gasteiger partial charge in [0, 0.05) is 5.56 Å². The highest BCUT2D eigenvalue weighted by molar-refractivity contribution is 7.13. The molecule has 0 bridgehead atoms. The van der Waals surface area contributed by atoms with Crippen LogP contribution in [-0.2, 0) is 0 Å². The maximum Gasteiger partial charge on any atom is 0.573 e. The van der Waals surface area contributed by atoms with Crippen LogP contribution in [-0.4, -0.2) is 28.5 Å². The lowest BCUT2D eigenvalue weighted by Crippen LogP contribution is -2.17. The Balaban J connectivity index is 1.81. The van der Waals surface area contributed by atoms with Crippen LogP contribution in [0.1, 0.15) is 20.7 Å². The van der Waals surface area contributed by atoms with Gasteiger partial charge in [0.2, 0.25) is 5.88 Å². The number of thiophene rings is 1. The molecule has 11 heteroatoms. The van der Waals surface area contributed by atoms with Gasteiger partial charge in [0.1, 0.15) is 11.4 Å². The van der Waals surface area contributed by atoms with Crippen LogP contribution in [0.3, 0.4) is 0 Å². The number of hydrogen-bond donors (Lipinski definition) is 2. The Morgan fingerprint density at radius 3 is 2.44 bits per heavy atom. The van der Waals surface area contributed by atoms with E-state index in [9.17, 15) is 27.9 Å². The van der Waals surface area contributed by atoms with Gasteiger partial charge in [-0.15, -0.1) is 24.5 Å². The third-order valence-corrected chi connectivity index (χ3v) is 4.11. The number of alkyl halides is 3. The maximum absolute atomic E-state index is 12.2. The van der Waals surface area contributed by atoms with Crippen molar-refractivity contribution in [1.29, 1.82) is 0 Å². The summed E-state index contributed by atoms with van der Waals surface area (Å²) in [7, 11) is 0. The van der Waals surface area contributed by atoms with Crippen LogP contribution in [0.15, 0.2) is 46.3 Å². The Morgan fingerprint density at radius 1 is 1.19 bits per heavy atom. The van der Waals surface area contributed by atoms with E-state index in [1.54, 1.807) is 17.5 Å². The summed E-state index contributed by atoms with van der Waals surface area (Å²) in [6.45, 7) is 0. The number of anilines is 1. The first-order valence-corrected chi connectivity index (χ1v) is 8.06. The summed E-state index contributed by atoms with van der Waals surface area (Å²) < 4.78 is 45.1. The number of rotatable bonds is 5. The number of ether oxygens (including phenoxy) is 1. The molecule has 2 heterocycles. The van der Waals surface area contributed by atoms with Crippen LogP contribution < -0.4 is 10.1 Å². The summed E-state index contributed by atoms with van der Waals surface area (Å²) in [5, 5.41) is 17.0. The molecule has 2 N–H and O–H groups in total. The van der Waals surface area contributed by atoms with Crippen molar-refractivity contribution in [1.82, 2.24) is 5.16 Å². The van der Waals surface area contributed by atoms with Crippen molar-refractivity contribution in [3.05, 3.63) is 52.9 Å². The Bertz CT molecular complexity index is 965. The first kappa shape index (κ1) is 18.5. The zero-order valence-corrected chi connectivity index (χ0v) is 13.9. The van der Waals surface area contributed by atoms with Crippen molar-refractivity contribution >= 4 is 29.1 Å². The second-order valence-electron chi connectivity index (χ2n) is 5.04. The normalized spacial score (nSPS) is 11.2. The number of carboxylic acid groups (broad SMARTS) is 1. The van der Waals surface area contributed by atoms with E-state index >= 15 is 0 Å². The van der Waals surface area contributed by atoms with Gasteiger partial charge in [0.05, 0.1) is 4.88 Å². The van der Waals surface area contributed by atoms with Crippen LogP contribution in [0, 0.1) is 0 Å². The van der Waals surface area contributed by atoms with E-state index in [4.69, 9.17) is 4.52 Å². The minimum Gasteiger partial charge on any atom is -0.477 e. The molecule has 0 aliphatic rings. The third kappa shape index (κ3) is 4.26. The minimum atomic E-state index is -4.85. The highest BCUT2D eigenvalue weighted by Crippen LogP contribution is 2.32. The first-order valence-electron chi connectivity index (χ1n) is 7.18. The Kier molecular flexibility index (Phi) is 4.86. The lowest BCUT2D eigenvalue weighted by Gasteiger charge is -2.09. The van der Waals surface area contributed by atoms with Gasteiger partial charge in [-0.2, -0.15) is 0 Å². The number of nitrogens with one attached hydrogen (secondary N) is 1. The largest absolute Gasteiger partial charge is 0.573 e. The molecule has 1 aromatic carbocycles. The molecule has 2 aromatic heterocycles. The Hall–Kier alpha value is -3.34. The monoisotopic (exact) mass is 398 g/mol. The molecule has 0 aliphatic heterocycles. The summed E-state index contributed by atoms with van der Waals surface area (Å²) in [5.41, 5.74) is -0.306. The Morgan fingerprint density at radius 2 is 1.89 bits per heavy atom. The van der Waals surface area contributed by atoms with Crippen molar-refractivity contribution < 1.29 is 37.1 Å². The quantitative estimate of drug-likeness (QED) is 0.666. The van der Waals surface area contributed by atoms with Crippen molar-refractivity contribution in [2.24, 2.45) is 0 Å². The van der Waals surface area contributed by atoms with Gasteiger partial charge < -0.3 is 14.4 Å². The second kappa shape index (κ2) is 7.11. The van der Waals surface area contributed by atoms with E-state index in [-0.39, 0.29) is 22.7 Å². The van der Waals surface area contributed by atoms with Crippen LogP contribution >= 0.6 is 11.3 Å². The molecular weight excluding hydrogens is 389 g/mol. The summed E-state index contributed by atoms with van der Waals surface area (Å²) in [6, 6.07) is 7.43. The predicted molar refractivity (Wildman–Crippen MR) is 87.9 cm³/mol. The van der Waals surface area contributed by atoms with Crippen LogP contribution in [0.4, 0.5) is 19.1 Å².